The molecule has 1 unspecified atom stereocenters. The first-order valence-corrected chi connectivity index (χ1v) is 3.74. The van der Waals surface area contributed by atoms with Crippen LogP contribution in [0.3, 0.4) is 0 Å². The number of hydrogen-bond donors (Lipinski definition) is 2. The van der Waals surface area contributed by atoms with Crippen molar-refractivity contribution >= 4 is 0 Å². The highest BCUT2D eigenvalue weighted by atomic mass is 14.9. The lowest BCUT2D eigenvalue weighted by molar-refractivity contribution is -0.413. The van der Waals surface area contributed by atoms with Crippen molar-refractivity contribution in [3.05, 3.63) is 5.92 Å². The van der Waals surface area contributed by atoms with Crippen molar-refractivity contribution in [3.63, 3.8) is 0 Å². The fourth-order valence-corrected chi connectivity index (χ4v) is 1.38. The molecule has 1 aliphatic rings. The van der Waals surface area contributed by atoms with Crippen molar-refractivity contribution < 1.29 is 5.73 Å². The summed E-state index contributed by atoms with van der Waals surface area (Å²) >= 11 is 0. The van der Waals surface area contributed by atoms with Gasteiger partial charge in [-0.2, -0.15) is 12.8 Å². The van der Waals surface area contributed by atoms with Crippen molar-refractivity contribution in [2.24, 2.45) is 5.73 Å². The van der Waals surface area contributed by atoms with Gasteiger partial charge in [0.1, 0.15) is 0 Å². The summed E-state index contributed by atoms with van der Waals surface area (Å²) in [6, 6.07) is 0. The first-order chi connectivity index (χ1) is 4.30. The van der Waals surface area contributed by atoms with E-state index in [1.807, 2.05) is 0 Å². The van der Waals surface area contributed by atoms with Crippen molar-refractivity contribution in [1.82, 2.24) is 0 Å². The van der Waals surface area contributed by atoms with Crippen LogP contribution in [0.4, 0.5) is 0 Å². The highest BCUT2D eigenvalue weighted by molar-refractivity contribution is 4.95. The highest BCUT2D eigenvalue weighted by Gasteiger charge is 2.05. The van der Waals surface area contributed by atoms with E-state index in [0.717, 1.165) is 0 Å². The topological polar surface area (TPSA) is 53.7 Å². The quantitative estimate of drug-likeness (QED) is 0.380. The summed E-state index contributed by atoms with van der Waals surface area (Å²) in [6.07, 6.45) is 6.60. The molecule has 0 bridgehead atoms. The molecule has 0 aromatic rings. The van der Waals surface area contributed by atoms with Gasteiger partial charge in [-0.05, 0) is 0 Å². The van der Waals surface area contributed by atoms with Crippen LogP contribution in [0.5, 0.6) is 0 Å². The van der Waals surface area contributed by atoms with Gasteiger partial charge < -0.3 is 11.5 Å². The monoisotopic (exact) mass is 128 g/mol. The van der Waals surface area contributed by atoms with Gasteiger partial charge in [0.15, 0.2) is 0 Å². The SMILES string of the molecule is NC([NH3+])[C-]1CCCCC1. The Morgan fingerprint density at radius 3 is 2.11 bits per heavy atom. The zero-order valence-electron chi connectivity index (χ0n) is 5.90. The smallest absolute Gasteiger partial charge is 0.0152 e. The van der Waals surface area contributed by atoms with Crippen LogP contribution in [0.25, 0.3) is 0 Å². The van der Waals surface area contributed by atoms with Crippen LogP contribution in [-0.4, -0.2) is 6.17 Å². The molecule has 0 saturated heterocycles. The average Bonchev–Trinajstić information content (AvgIpc) is 1.90. The molecule has 2 nitrogen and oxygen atoms in total. The summed E-state index contributed by atoms with van der Waals surface area (Å²) in [5, 5.41) is 0. The van der Waals surface area contributed by atoms with Crippen LogP contribution in [-0.2, 0) is 0 Å². The third-order valence-corrected chi connectivity index (χ3v) is 2.02. The first-order valence-electron chi connectivity index (χ1n) is 3.74. The average molecular weight is 128 g/mol. The minimum absolute atomic E-state index is 0.102. The summed E-state index contributed by atoms with van der Waals surface area (Å²) in [7, 11) is 0. The van der Waals surface area contributed by atoms with Crippen molar-refractivity contribution in [2.75, 3.05) is 0 Å². The molecule has 0 spiro atoms. The van der Waals surface area contributed by atoms with Crippen LogP contribution in [0.15, 0.2) is 0 Å². The Bertz CT molecular complexity index is 75.0. The molecule has 1 aliphatic carbocycles. The van der Waals surface area contributed by atoms with Gasteiger partial charge in [-0.25, -0.2) is 5.92 Å². The Hall–Kier alpha value is -0.0800. The van der Waals surface area contributed by atoms with E-state index in [2.05, 4.69) is 5.73 Å². The molecule has 54 valence electrons. The number of rotatable bonds is 1. The first kappa shape index (κ1) is 7.03. The number of quaternary nitrogens is 1. The Morgan fingerprint density at radius 1 is 1.22 bits per heavy atom. The van der Waals surface area contributed by atoms with Crippen molar-refractivity contribution in [1.29, 1.82) is 0 Å². The second-order valence-electron chi connectivity index (χ2n) is 2.83. The van der Waals surface area contributed by atoms with E-state index in [1.165, 1.54) is 38.0 Å². The molecule has 1 saturated carbocycles. The minimum Gasteiger partial charge on any atom is -0.368 e. The molecular formula is C7H16N2. The summed E-state index contributed by atoms with van der Waals surface area (Å²) in [5.41, 5.74) is 9.42. The molecule has 0 aromatic carbocycles. The van der Waals surface area contributed by atoms with E-state index in [9.17, 15) is 0 Å². The molecule has 9 heavy (non-hydrogen) atoms. The lowest BCUT2D eigenvalue weighted by Crippen LogP contribution is -2.68. The second-order valence-corrected chi connectivity index (χ2v) is 2.83. The highest BCUT2D eigenvalue weighted by Crippen LogP contribution is 2.25. The summed E-state index contributed by atoms with van der Waals surface area (Å²) < 4.78 is 0. The predicted molar refractivity (Wildman–Crippen MR) is 37.2 cm³/mol. The van der Waals surface area contributed by atoms with Crippen molar-refractivity contribution in [3.8, 4) is 0 Å². The van der Waals surface area contributed by atoms with E-state index >= 15 is 0 Å². The molecule has 0 aromatic heterocycles. The number of hydrogen-bond acceptors (Lipinski definition) is 1. The van der Waals surface area contributed by atoms with Gasteiger partial charge in [-0.15, -0.1) is 0 Å². The maximum atomic E-state index is 5.62. The lowest BCUT2D eigenvalue weighted by Gasteiger charge is -2.35. The van der Waals surface area contributed by atoms with Crippen molar-refractivity contribution in [2.45, 2.75) is 38.3 Å². The molecule has 5 N–H and O–H groups in total. The second kappa shape index (κ2) is 3.18. The maximum Gasteiger partial charge on any atom is 0.0152 e. The van der Waals surface area contributed by atoms with Crippen LogP contribution in [0, 0.1) is 5.92 Å². The van der Waals surface area contributed by atoms with E-state index < -0.39 is 0 Å². The van der Waals surface area contributed by atoms with E-state index in [1.54, 1.807) is 0 Å². The molecule has 1 rings (SSSR count). The van der Waals surface area contributed by atoms with Gasteiger partial charge in [0, 0.05) is 6.17 Å². The van der Waals surface area contributed by atoms with E-state index in [-0.39, 0.29) is 6.17 Å². The Morgan fingerprint density at radius 2 is 1.78 bits per heavy atom. The largest absolute Gasteiger partial charge is 0.368 e. The number of nitrogens with two attached hydrogens (primary N) is 1. The van der Waals surface area contributed by atoms with Gasteiger partial charge >= 0.3 is 0 Å². The fourth-order valence-electron chi connectivity index (χ4n) is 1.38. The molecular weight excluding hydrogens is 112 g/mol. The van der Waals surface area contributed by atoms with Crippen LogP contribution in [0.2, 0.25) is 0 Å². The Labute approximate surface area is 56.6 Å². The third-order valence-electron chi connectivity index (χ3n) is 2.02. The third kappa shape index (κ3) is 1.95. The van der Waals surface area contributed by atoms with Gasteiger partial charge in [0.05, 0.1) is 0 Å². The van der Waals surface area contributed by atoms with E-state index in [4.69, 9.17) is 5.73 Å². The zero-order valence-corrected chi connectivity index (χ0v) is 5.90. The maximum absolute atomic E-state index is 5.62. The predicted octanol–water partition coefficient (Wildman–Crippen LogP) is 0.0517. The summed E-state index contributed by atoms with van der Waals surface area (Å²) in [4.78, 5) is 0. The minimum atomic E-state index is 0.102. The van der Waals surface area contributed by atoms with Gasteiger partial charge in [-0.1, -0.05) is 19.3 Å². The van der Waals surface area contributed by atoms with Crippen LogP contribution >= 0.6 is 0 Å². The van der Waals surface area contributed by atoms with Crippen LogP contribution in [0.1, 0.15) is 32.1 Å². The summed E-state index contributed by atoms with van der Waals surface area (Å²) in [6.45, 7) is 0. The molecule has 0 aliphatic heterocycles. The molecule has 0 radical (unpaired) electrons. The lowest BCUT2D eigenvalue weighted by atomic mass is 9.87. The van der Waals surface area contributed by atoms with Gasteiger partial charge in [0.2, 0.25) is 0 Å². The van der Waals surface area contributed by atoms with Crippen LogP contribution < -0.4 is 11.5 Å². The molecule has 1 fully saturated rings. The Kier molecular flexibility index (Phi) is 2.49. The fraction of sp³-hybridized carbons (Fsp3) is 0.857. The normalized spacial score (nSPS) is 26.0. The molecule has 2 heteroatoms. The van der Waals surface area contributed by atoms with E-state index in [0.29, 0.717) is 0 Å². The van der Waals surface area contributed by atoms with Gasteiger partial charge in [0.25, 0.3) is 0 Å². The zero-order chi connectivity index (χ0) is 6.69. The summed E-state index contributed by atoms with van der Waals surface area (Å²) in [5.74, 6) is 1.47. The molecule has 0 amide bonds. The molecule has 1 atom stereocenters. The Balaban J connectivity index is 2.23. The standard InChI is InChI=1S/C7H15N2/c8-7(9)6-4-2-1-3-5-6/h7H,1-5,8-9H2/q-1/p+1. The molecule has 0 heterocycles. The van der Waals surface area contributed by atoms with Gasteiger partial charge in [-0.3, -0.25) is 0 Å².